The summed E-state index contributed by atoms with van der Waals surface area (Å²) in [5, 5.41) is 10.3. The lowest BCUT2D eigenvalue weighted by Crippen LogP contribution is -2.04. The number of aromatic amines is 1. The van der Waals surface area contributed by atoms with Crippen LogP contribution >= 0.6 is 0 Å². The fourth-order valence-corrected chi connectivity index (χ4v) is 2.65. The largest absolute Gasteiger partial charge is 0.416 e. The highest BCUT2D eigenvalue weighted by Gasteiger charge is 2.30. The molecule has 1 heterocycles. The van der Waals surface area contributed by atoms with E-state index in [1.54, 1.807) is 6.20 Å². The number of anilines is 1. The minimum absolute atomic E-state index is 0.525. The van der Waals surface area contributed by atoms with Gasteiger partial charge in [0.25, 0.3) is 0 Å². The number of nitrogens with one attached hydrogen (secondary N) is 2. The molecule has 0 aliphatic rings. The smallest absolute Gasteiger partial charge is 0.381 e. The molecular formula is C19H18F3N3. The number of nitrogens with zero attached hydrogens (tertiary/aromatic N) is 1. The van der Waals surface area contributed by atoms with E-state index in [4.69, 9.17) is 0 Å². The zero-order valence-corrected chi connectivity index (χ0v) is 13.9. The first kappa shape index (κ1) is 17.1. The molecule has 130 valence electrons. The highest BCUT2D eigenvalue weighted by molar-refractivity contribution is 5.64. The molecule has 1 aromatic heterocycles. The van der Waals surface area contributed by atoms with Crippen LogP contribution < -0.4 is 5.32 Å². The molecule has 3 rings (SSSR count). The number of hydrogen-bond donors (Lipinski definition) is 2. The molecule has 3 aromatic rings. The third-order valence-electron chi connectivity index (χ3n) is 4.29. The van der Waals surface area contributed by atoms with Gasteiger partial charge in [-0.25, -0.2) is 0 Å². The lowest BCUT2D eigenvalue weighted by molar-refractivity contribution is -0.137. The maximum Gasteiger partial charge on any atom is 0.416 e. The molecule has 3 nitrogen and oxygen atoms in total. The van der Waals surface area contributed by atoms with Crippen LogP contribution in [0.4, 0.5) is 18.9 Å². The van der Waals surface area contributed by atoms with E-state index < -0.39 is 11.7 Å². The van der Waals surface area contributed by atoms with Crippen LogP contribution in [-0.2, 0) is 12.7 Å². The lowest BCUT2D eigenvalue weighted by Gasteiger charge is -2.12. The Morgan fingerprint density at radius 1 is 1.04 bits per heavy atom. The van der Waals surface area contributed by atoms with Gasteiger partial charge in [0.2, 0.25) is 0 Å². The summed E-state index contributed by atoms with van der Waals surface area (Å²) in [5.41, 5.74) is 5.00. The van der Waals surface area contributed by atoms with Crippen LogP contribution in [0.1, 0.15) is 22.3 Å². The second-order valence-electron chi connectivity index (χ2n) is 5.95. The van der Waals surface area contributed by atoms with Gasteiger partial charge in [-0.1, -0.05) is 24.3 Å². The number of hydrogen-bond acceptors (Lipinski definition) is 2. The zero-order valence-electron chi connectivity index (χ0n) is 13.9. The van der Waals surface area contributed by atoms with E-state index in [9.17, 15) is 13.2 Å². The average Bonchev–Trinajstić information content (AvgIpc) is 3.04. The summed E-state index contributed by atoms with van der Waals surface area (Å²) < 4.78 is 38.1. The predicted molar refractivity (Wildman–Crippen MR) is 92.3 cm³/mol. The van der Waals surface area contributed by atoms with Crippen molar-refractivity contribution in [2.24, 2.45) is 0 Å². The molecule has 0 unspecified atom stereocenters. The van der Waals surface area contributed by atoms with Crippen LogP contribution in [0.25, 0.3) is 11.3 Å². The lowest BCUT2D eigenvalue weighted by atomic mass is 10.0. The monoisotopic (exact) mass is 345 g/mol. The maximum atomic E-state index is 12.7. The molecule has 6 heteroatoms. The molecule has 2 aromatic carbocycles. The van der Waals surface area contributed by atoms with Crippen LogP contribution in [0.15, 0.2) is 48.7 Å². The van der Waals surface area contributed by atoms with Crippen molar-refractivity contribution in [2.45, 2.75) is 26.6 Å². The summed E-state index contributed by atoms with van der Waals surface area (Å²) in [6, 6.07) is 11.1. The molecule has 0 saturated carbocycles. The Balaban J connectivity index is 1.80. The maximum absolute atomic E-state index is 12.7. The van der Waals surface area contributed by atoms with Gasteiger partial charge in [-0.05, 0) is 48.7 Å². The Morgan fingerprint density at radius 2 is 1.76 bits per heavy atom. The summed E-state index contributed by atoms with van der Waals surface area (Å²) in [6.45, 7) is 4.62. The second-order valence-corrected chi connectivity index (χ2v) is 5.95. The SMILES string of the molecule is Cc1cccc(NCc2cn[nH]c2-c2ccc(C(F)(F)F)cc2)c1C. The van der Waals surface area contributed by atoms with Crippen LogP contribution in [0.2, 0.25) is 0 Å². The van der Waals surface area contributed by atoms with E-state index >= 15 is 0 Å². The van der Waals surface area contributed by atoms with Gasteiger partial charge in [-0.15, -0.1) is 0 Å². The van der Waals surface area contributed by atoms with Gasteiger partial charge in [-0.2, -0.15) is 18.3 Å². The summed E-state index contributed by atoms with van der Waals surface area (Å²) in [4.78, 5) is 0. The standard InChI is InChI=1S/C19H18F3N3/c1-12-4-3-5-17(13(12)2)23-10-15-11-24-25-18(15)14-6-8-16(9-7-14)19(20,21)22/h3-9,11,23H,10H2,1-2H3,(H,24,25). The van der Waals surface area contributed by atoms with Gasteiger partial charge in [0.1, 0.15) is 0 Å². The summed E-state index contributed by atoms with van der Waals surface area (Å²) in [6.07, 6.45) is -2.65. The molecule has 0 aliphatic heterocycles. The fourth-order valence-electron chi connectivity index (χ4n) is 2.65. The molecule has 0 saturated heterocycles. The Bertz CT molecular complexity index is 864. The van der Waals surface area contributed by atoms with E-state index in [0.29, 0.717) is 17.8 Å². The van der Waals surface area contributed by atoms with Crippen molar-refractivity contribution < 1.29 is 13.2 Å². The molecule has 0 fully saturated rings. The van der Waals surface area contributed by atoms with Gasteiger partial charge < -0.3 is 5.32 Å². The number of rotatable bonds is 4. The first-order chi connectivity index (χ1) is 11.9. The molecule has 0 spiro atoms. The van der Waals surface area contributed by atoms with Crippen molar-refractivity contribution in [1.29, 1.82) is 0 Å². The van der Waals surface area contributed by atoms with Gasteiger partial charge >= 0.3 is 6.18 Å². The third kappa shape index (κ3) is 3.68. The molecular weight excluding hydrogens is 327 g/mol. The zero-order chi connectivity index (χ0) is 18.0. The summed E-state index contributed by atoms with van der Waals surface area (Å²) in [5.74, 6) is 0. The van der Waals surface area contributed by atoms with E-state index in [-0.39, 0.29) is 0 Å². The quantitative estimate of drug-likeness (QED) is 0.671. The van der Waals surface area contributed by atoms with Crippen molar-refractivity contribution >= 4 is 5.69 Å². The number of aromatic nitrogens is 2. The number of alkyl halides is 3. The molecule has 2 N–H and O–H groups in total. The Kier molecular flexibility index (Phi) is 4.53. The molecule has 0 atom stereocenters. The Hall–Kier alpha value is -2.76. The van der Waals surface area contributed by atoms with Crippen LogP contribution in [-0.4, -0.2) is 10.2 Å². The van der Waals surface area contributed by atoms with E-state index in [2.05, 4.69) is 15.5 Å². The van der Waals surface area contributed by atoms with Gasteiger partial charge in [0.05, 0.1) is 17.5 Å². The average molecular weight is 345 g/mol. The van der Waals surface area contributed by atoms with Gasteiger partial charge in [0.15, 0.2) is 0 Å². The van der Waals surface area contributed by atoms with Crippen molar-refractivity contribution in [3.63, 3.8) is 0 Å². The summed E-state index contributed by atoms with van der Waals surface area (Å²) >= 11 is 0. The van der Waals surface area contributed by atoms with Crippen molar-refractivity contribution in [3.8, 4) is 11.3 Å². The minimum atomic E-state index is -4.33. The summed E-state index contributed by atoms with van der Waals surface area (Å²) in [7, 11) is 0. The highest BCUT2D eigenvalue weighted by atomic mass is 19.4. The number of benzene rings is 2. The topological polar surface area (TPSA) is 40.7 Å². The fraction of sp³-hybridized carbons (Fsp3) is 0.211. The first-order valence-corrected chi connectivity index (χ1v) is 7.86. The Labute approximate surface area is 143 Å². The molecule has 0 aliphatic carbocycles. The van der Waals surface area contributed by atoms with Gasteiger partial charge in [0, 0.05) is 17.8 Å². The van der Waals surface area contributed by atoms with Crippen molar-refractivity contribution in [2.75, 3.05) is 5.32 Å². The van der Waals surface area contributed by atoms with E-state index in [0.717, 1.165) is 23.4 Å². The van der Waals surface area contributed by atoms with Crippen LogP contribution in [0, 0.1) is 13.8 Å². The number of aryl methyl sites for hydroxylation is 1. The number of H-pyrrole nitrogens is 1. The molecule has 0 bridgehead atoms. The van der Waals surface area contributed by atoms with Crippen LogP contribution in [0.5, 0.6) is 0 Å². The van der Waals surface area contributed by atoms with E-state index in [1.165, 1.54) is 23.3 Å². The first-order valence-electron chi connectivity index (χ1n) is 7.86. The van der Waals surface area contributed by atoms with Crippen LogP contribution in [0.3, 0.4) is 0 Å². The number of halogens is 3. The molecule has 0 amide bonds. The minimum Gasteiger partial charge on any atom is -0.381 e. The van der Waals surface area contributed by atoms with Crippen molar-refractivity contribution in [1.82, 2.24) is 10.2 Å². The van der Waals surface area contributed by atoms with Gasteiger partial charge in [-0.3, -0.25) is 5.10 Å². The normalized spacial score (nSPS) is 11.6. The second kappa shape index (κ2) is 6.63. The Morgan fingerprint density at radius 3 is 2.44 bits per heavy atom. The highest BCUT2D eigenvalue weighted by Crippen LogP contribution is 2.31. The van der Waals surface area contributed by atoms with Crippen molar-refractivity contribution in [3.05, 3.63) is 70.9 Å². The third-order valence-corrected chi connectivity index (χ3v) is 4.29. The van der Waals surface area contributed by atoms with E-state index in [1.807, 2.05) is 32.0 Å². The molecule has 25 heavy (non-hydrogen) atoms. The predicted octanol–water partition coefficient (Wildman–Crippen LogP) is 5.32. The molecule has 0 radical (unpaired) electrons.